The largest absolute Gasteiger partial charge is 0.361 e. The molecule has 0 radical (unpaired) electrons. The predicted octanol–water partition coefficient (Wildman–Crippen LogP) is 2.72. The molecule has 0 spiro atoms. The average molecular weight is 294 g/mol. The van der Waals surface area contributed by atoms with E-state index in [0.717, 1.165) is 35.1 Å². The first-order chi connectivity index (χ1) is 9.60. The van der Waals surface area contributed by atoms with Gasteiger partial charge in [-0.3, -0.25) is 4.79 Å². The van der Waals surface area contributed by atoms with Crippen LogP contribution >= 0.6 is 11.8 Å². The highest BCUT2D eigenvalue weighted by Crippen LogP contribution is 2.39. The summed E-state index contributed by atoms with van der Waals surface area (Å²) in [5.74, 6) is 1.04. The smallest absolute Gasteiger partial charge is 0.227 e. The molecule has 2 atom stereocenters. The predicted molar refractivity (Wildman–Crippen MR) is 79.9 cm³/mol. The molecule has 5 heteroatoms. The average Bonchev–Trinajstić information content (AvgIpc) is 2.89. The number of carbonyl (C=O) groups is 1. The Bertz CT molecular complexity index is 480. The third kappa shape index (κ3) is 2.36. The van der Waals surface area contributed by atoms with Crippen molar-refractivity contribution < 1.29 is 9.32 Å². The van der Waals surface area contributed by atoms with E-state index in [2.05, 4.69) is 16.3 Å². The Balaban J connectivity index is 1.73. The zero-order valence-electron chi connectivity index (χ0n) is 12.4. The molecule has 0 aliphatic carbocycles. The van der Waals surface area contributed by atoms with Gasteiger partial charge in [-0.15, -0.1) is 0 Å². The summed E-state index contributed by atoms with van der Waals surface area (Å²) in [5.41, 5.74) is 1.82. The summed E-state index contributed by atoms with van der Waals surface area (Å²) < 4.78 is 5.16. The second kappa shape index (κ2) is 5.43. The fourth-order valence-electron chi connectivity index (χ4n) is 3.72. The van der Waals surface area contributed by atoms with Gasteiger partial charge in [0.25, 0.3) is 0 Å². The summed E-state index contributed by atoms with van der Waals surface area (Å²) in [4.78, 5) is 14.8. The highest BCUT2D eigenvalue weighted by Gasteiger charge is 2.42. The Morgan fingerprint density at radius 3 is 2.50 bits per heavy atom. The molecule has 2 fully saturated rings. The first-order valence-corrected chi connectivity index (χ1v) is 8.64. The molecule has 0 saturated carbocycles. The van der Waals surface area contributed by atoms with Crippen LogP contribution in [0, 0.1) is 13.8 Å². The van der Waals surface area contributed by atoms with Crippen LogP contribution in [0.4, 0.5) is 0 Å². The first-order valence-electron chi connectivity index (χ1n) is 7.35. The molecule has 3 heterocycles. The molecule has 1 aromatic heterocycles. The summed E-state index contributed by atoms with van der Waals surface area (Å²) in [6, 6.07) is 0.915. The zero-order valence-corrected chi connectivity index (χ0v) is 13.2. The molecule has 2 aliphatic rings. The molecule has 3 rings (SSSR count). The molecule has 2 saturated heterocycles. The molecule has 20 heavy (non-hydrogen) atoms. The van der Waals surface area contributed by atoms with Crippen molar-refractivity contribution in [1.82, 2.24) is 10.1 Å². The van der Waals surface area contributed by atoms with E-state index in [1.165, 1.54) is 12.8 Å². The highest BCUT2D eigenvalue weighted by molar-refractivity contribution is 7.99. The number of aryl methyl sites for hydroxylation is 2. The fraction of sp³-hybridized carbons (Fsp3) is 0.733. The third-order valence-electron chi connectivity index (χ3n) is 4.82. The van der Waals surface area contributed by atoms with Crippen molar-refractivity contribution in [3.05, 3.63) is 17.0 Å². The van der Waals surface area contributed by atoms with Gasteiger partial charge in [-0.1, -0.05) is 5.16 Å². The Labute approximate surface area is 124 Å². The number of fused-ring (bicyclic) bond motifs is 2. The molecule has 1 amide bonds. The molecular formula is C15H22N2O2S. The third-order valence-corrected chi connectivity index (χ3v) is 5.87. The lowest BCUT2D eigenvalue weighted by molar-refractivity contribution is -0.134. The Morgan fingerprint density at radius 2 is 2.00 bits per heavy atom. The zero-order chi connectivity index (χ0) is 14.3. The van der Waals surface area contributed by atoms with E-state index in [1.807, 2.05) is 25.6 Å². The van der Waals surface area contributed by atoms with Crippen molar-refractivity contribution in [3.63, 3.8) is 0 Å². The number of amides is 1. The quantitative estimate of drug-likeness (QED) is 0.860. The molecule has 2 bridgehead atoms. The van der Waals surface area contributed by atoms with Crippen molar-refractivity contribution in [2.24, 2.45) is 0 Å². The van der Waals surface area contributed by atoms with E-state index in [4.69, 9.17) is 4.52 Å². The Morgan fingerprint density at radius 1 is 1.35 bits per heavy atom. The molecule has 2 aliphatic heterocycles. The maximum Gasteiger partial charge on any atom is 0.227 e. The van der Waals surface area contributed by atoms with E-state index in [0.29, 0.717) is 18.5 Å². The molecular weight excluding hydrogens is 272 g/mol. The molecule has 2 unspecified atom stereocenters. The van der Waals surface area contributed by atoms with E-state index in [9.17, 15) is 4.79 Å². The van der Waals surface area contributed by atoms with Gasteiger partial charge in [0, 0.05) is 22.9 Å². The van der Waals surface area contributed by atoms with Crippen LogP contribution in [0.1, 0.15) is 42.7 Å². The Kier molecular flexibility index (Phi) is 3.80. The van der Waals surface area contributed by atoms with E-state index >= 15 is 0 Å². The number of carbonyl (C=O) groups excluding carboxylic acids is 1. The second-order valence-electron chi connectivity index (χ2n) is 5.99. The van der Waals surface area contributed by atoms with Gasteiger partial charge < -0.3 is 9.42 Å². The van der Waals surface area contributed by atoms with Crippen molar-refractivity contribution in [1.29, 1.82) is 0 Å². The van der Waals surface area contributed by atoms with Crippen LogP contribution in [-0.4, -0.2) is 39.6 Å². The minimum atomic E-state index is 0.256. The van der Waals surface area contributed by atoms with Crippen molar-refractivity contribution in [3.8, 4) is 0 Å². The van der Waals surface area contributed by atoms with Crippen LogP contribution in [0.15, 0.2) is 4.52 Å². The second-order valence-corrected chi connectivity index (χ2v) is 7.13. The topological polar surface area (TPSA) is 46.3 Å². The maximum atomic E-state index is 12.7. The molecule has 110 valence electrons. The number of thioether (sulfide) groups is 1. The fourth-order valence-corrected chi connectivity index (χ4v) is 4.55. The summed E-state index contributed by atoms with van der Waals surface area (Å²) in [7, 11) is 0. The van der Waals surface area contributed by atoms with Crippen molar-refractivity contribution >= 4 is 17.7 Å². The number of rotatable bonds is 3. The lowest BCUT2D eigenvalue weighted by Crippen LogP contribution is -2.48. The number of aromatic nitrogens is 1. The van der Waals surface area contributed by atoms with E-state index in [-0.39, 0.29) is 5.91 Å². The normalized spacial score (nSPS) is 28.9. The number of piperidine rings is 1. The van der Waals surface area contributed by atoms with Crippen molar-refractivity contribution in [2.75, 3.05) is 6.26 Å². The molecule has 4 nitrogen and oxygen atoms in total. The lowest BCUT2D eigenvalue weighted by Gasteiger charge is -2.38. The molecule has 0 N–H and O–H groups in total. The van der Waals surface area contributed by atoms with Crippen LogP contribution < -0.4 is 0 Å². The van der Waals surface area contributed by atoms with Gasteiger partial charge in [0.2, 0.25) is 5.91 Å². The molecule has 0 aromatic carbocycles. The first kappa shape index (κ1) is 14.0. The minimum absolute atomic E-state index is 0.256. The number of hydrogen-bond acceptors (Lipinski definition) is 4. The summed E-state index contributed by atoms with van der Waals surface area (Å²) in [6.07, 6.45) is 7.30. The Hall–Kier alpha value is -0.970. The summed E-state index contributed by atoms with van der Waals surface area (Å²) in [6.45, 7) is 3.80. The van der Waals surface area contributed by atoms with Gasteiger partial charge in [-0.05, 0) is 45.8 Å². The van der Waals surface area contributed by atoms with Gasteiger partial charge >= 0.3 is 0 Å². The van der Waals surface area contributed by atoms with Gasteiger partial charge in [-0.2, -0.15) is 11.8 Å². The minimum Gasteiger partial charge on any atom is -0.361 e. The maximum absolute atomic E-state index is 12.7. The van der Waals surface area contributed by atoms with Gasteiger partial charge in [0.05, 0.1) is 12.1 Å². The van der Waals surface area contributed by atoms with Crippen LogP contribution in [0.3, 0.4) is 0 Å². The monoisotopic (exact) mass is 294 g/mol. The van der Waals surface area contributed by atoms with Gasteiger partial charge in [0.15, 0.2) is 0 Å². The molecule has 1 aromatic rings. The lowest BCUT2D eigenvalue weighted by atomic mass is 10.0. The van der Waals surface area contributed by atoms with Crippen molar-refractivity contribution in [2.45, 2.75) is 63.3 Å². The van der Waals surface area contributed by atoms with Crippen LogP contribution in [-0.2, 0) is 11.2 Å². The number of nitrogens with zero attached hydrogens (tertiary/aromatic N) is 2. The summed E-state index contributed by atoms with van der Waals surface area (Å²) in [5, 5.41) is 4.68. The number of hydrogen-bond donors (Lipinski definition) is 0. The van der Waals surface area contributed by atoms with Gasteiger partial charge in [0.1, 0.15) is 5.76 Å². The van der Waals surface area contributed by atoms with Crippen LogP contribution in [0.25, 0.3) is 0 Å². The standard InChI is InChI=1S/C15H22N2O2S/c1-9-14(10(2)19-16-9)8-15(18)17-11-4-5-12(17)7-13(6-11)20-3/h11-13H,4-8H2,1-3H3. The SMILES string of the molecule is CSC1CC2CCC(C1)N2C(=O)Cc1c(C)noc1C. The van der Waals surface area contributed by atoms with E-state index < -0.39 is 0 Å². The van der Waals surface area contributed by atoms with Crippen LogP contribution in [0.2, 0.25) is 0 Å². The van der Waals surface area contributed by atoms with Gasteiger partial charge in [-0.25, -0.2) is 0 Å². The van der Waals surface area contributed by atoms with Crippen LogP contribution in [0.5, 0.6) is 0 Å². The van der Waals surface area contributed by atoms with E-state index in [1.54, 1.807) is 0 Å². The summed E-state index contributed by atoms with van der Waals surface area (Å²) >= 11 is 1.95. The highest BCUT2D eigenvalue weighted by atomic mass is 32.2.